The van der Waals surface area contributed by atoms with E-state index in [-0.39, 0.29) is 10.8 Å². The van der Waals surface area contributed by atoms with E-state index in [2.05, 4.69) is 4.98 Å². The van der Waals surface area contributed by atoms with E-state index in [1.54, 1.807) is 0 Å². The van der Waals surface area contributed by atoms with Crippen molar-refractivity contribution in [3.63, 3.8) is 0 Å². The van der Waals surface area contributed by atoms with Crippen LogP contribution in [0.25, 0.3) is 0 Å². The summed E-state index contributed by atoms with van der Waals surface area (Å²) in [5, 5.41) is 8.80. The Morgan fingerprint density at radius 1 is 1.59 bits per heavy atom. The summed E-state index contributed by atoms with van der Waals surface area (Å²) in [6.45, 7) is 1.49. The van der Waals surface area contributed by atoms with E-state index in [9.17, 15) is 18.0 Å². The predicted molar refractivity (Wildman–Crippen MR) is 56.8 cm³/mol. The minimum absolute atomic E-state index is 0.174. The van der Waals surface area contributed by atoms with Crippen LogP contribution in [-0.4, -0.2) is 21.8 Å². The first-order valence-corrected chi connectivity index (χ1v) is 5.68. The molecule has 1 unspecified atom stereocenters. The van der Waals surface area contributed by atoms with E-state index >= 15 is 0 Å². The Kier molecular flexibility index (Phi) is 4.39. The molecule has 0 aromatic carbocycles. The summed E-state index contributed by atoms with van der Waals surface area (Å²) >= 11 is 0.995. The van der Waals surface area contributed by atoms with Crippen LogP contribution in [0.5, 0.6) is 0 Å². The minimum atomic E-state index is -4.41. The largest absolute Gasteiger partial charge is 0.481 e. The summed E-state index contributed by atoms with van der Waals surface area (Å²) in [6.07, 6.45) is -3.34. The van der Waals surface area contributed by atoms with Gasteiger partial charge in [0, 0.05) is 11.9 Å². The zero-order valence-electron chi connectivity index (χ0n) is 8.86. The van der Waals surface area contributed by atoms with E-state index in [4.69, 9.17) is 5.11 Å². The molecular weight excluding hydrogens is 255 g/mol. The molecule has 0 spiro atoms. The van der Waals surface area contributed by atoms with Crippen molar-refractivity contribution in [3.05, 3.63) is 23.9 Å². The van der Waals surface area contributed by atoms with E-state index in [0.717, 1.165) is 30.1 Å². The van der Waals surface area contributed by atoms with Gasteiger partial charge in [-0.2, -0.15) is 13.2 Å². The van der Waals surface area contributed by atoms with Crippen LogP contribution in [0.1, 0.15) is 12.5 Å². The molecule has 0 aliphatic heterocycles. The number of alkyl halides is 3. The number of halogens is 3. The lowest BCUT2D eigenvalue weighted by atomic mass is 10.2. The molecule has 0 fully saturated rings. The van der Waals surface area contributed by atoms with Gasteiger partial charge < -0.3 is 5.11 Å². The van der Waals surface area contributed by atoms with Crippen LogP contribution in [-0.2, 0) is 11.0 Å². The van der Waals surface area contributed by atoms with Gasteiger partial charge in [-0.15, -0.1) is 11.8 Å². The van der Waals surface area contributed by atoms with Gasteiger partial charge in [0.1, 0.15) is 0 Å². The van der Waals surface area contributed by atoms with Crippen molar-refractivity contribution < 1.29 is 23.1 Å². The van der Waals surface area contributed by atoms with Gasteiger partial charge in [-0.05, 0) is 12.1 Å². The fourth-order valence-corrected chi connectivity index (χ4v) is 1.86. The maximum absolute atomic E-state index is 12.4. The van der Waals surface area contributed by atoms with Crippen LogP contribution in [0, 0.1) is 5.92 Å². The van der Waals surface area contributed by atoms with Gasteiger partial charge in [0.15, 0.2) is 0 Å². The van der Waals surface area contributed by atoms with Crippen LogP contribution in [0.4, 0.5) is 13.2 Å². The SMILES string of the molecule is CC(CSc1cc(C(F)(F)F)ccn1)C(=O)O. The first kappa shape index (κ1) is 13.8. The van der Waals surface area contributed by atoms with Gasteiger partial charge in [-0.3, -0.25) is 4.79 Å². The molecule has 7 heteroatoms. The average molecular weight is 265 g/mol. The summed E-state index contributed by atoms with van der Waals surface area (Å²) in [4.78, 5) is 14.3. The number of nitrogens with zero attached hydrogens (tertiary/aromatic N) is 1. The van der Waals surface area contributed by atoms with Crippen molar-refractivity contribution in [1.82, 2.24) is 4.98 Å². The van der Waals surface area contributed by atoms with E-state index in [1.807, 2.05) is 0 Å². The maximum Gasteiger partial charge on any atom is 0.416 e. The highest BCUT2D eigenvalue weighted by molar-refractivity contribution is 7.99. The van der Waals surface area contributed by atoms with E-state index < -0.39 is 23.6 Å². The van der Waals surface area contributed by atoms with Crippen molar-refractivity contribution in [2.75, 3.05) is 5.75 Å². The van der Waals surface area contributed by atoms with Crippen LogP contribution in [0.3, 0.4) is 0 Å². The summed E-state index contributed by atoms with van der Waals surface area (Å²) < 4.78 is 37.1. The molecule has 1 aromatic heterocycles. The van der Waals surface area contributed by atoms with Crippen molar-refractivity contribution in [3.8, 4) is 0 Å². The topological polar surface area (TPSA) is 50.2 Å². The zero-order chi connectivity index (χ0) is 13.1. The fraction of sp³-hybridized carbons (Fsp3) is 0.400. The Balaban J connectivity index is 2.70. The lowest BCUT2D eigenvalue weighted by Gasteiger charge is -2.08. The van der Waals surface area contributed by atoms with Crippen molar-refractivity contribution in [2.24, 2.45) is 5.92 Å². The van der Waals surface area contributed by atoms with Crippen LogP contribution < -0.4 is 0 Å². The standard InChI is InChI=1S/C10H10F3NO2S/c1-6(9(15)16)5-17-8-4-7(2-3-14-8)10(11,12)13/h2-4,6H,5H2,1H3,(H,15,16). The van der Waals surface area contributed by atoms with E-state index in [0.29, 0.717) is 0 Å². The van der Waals surface area contributed by atoms with Gasteiger partial charge in [0.2, 0.25) is 0 Å². The number of hydrogen-bond donors (Lipinski definition) is 1. The summed E-state index contributed by atoms with van der Waals surface area (Å²) in [7, 11) is 0. The maximum atomic E-state index is 12.4. The number of carboxylic acid groups (broad SMARTS) is 1. The van der Waals surface area contributed by atoms with Crippen LogP contribution in [0.2, 0.25) is 0 Å². The van der Waals surface area contributed by atoms with Crippen LogP contribution in [0.15, 0.2) is 23.4 Å². The Morgan fingerprint density at radius 2 is 2.24 bits per heavy atom. The van der Waals surface area contributed by atoms with Gasteiger partial charge in [-0.1, -0.05) is 6.92 Å². The third-order valence-electron chi connectivity index (χ3n) is 1.96. The molecule has 0 bridgehead atoms. The Hall–Kier alpha value is -1.24. The molecule has 0 aliphatic rings. The highest BCUT2D eigenvalue weighted by Crippen LogP contribution is 2.31. The lowest BCUT2D eigenvalue weighted by molar-refractivity contribution is -0.140. The van der Waals surface area contributed by atoms with Crippen molar-refractivity contribution >= 4 is 17.7 Å². The number of hydrogen-bond acceptors (Lipinski definition) is 3. The van der Waals surface area contributed by atoms with Gasteiger partial charge >= 0.3 is 12.1 Å². The first-order chi connectivity index (χ1) is 7.80. The molecule has 0 amide bonds. The molecule has 1 atom stereocenters. The number of rotatable bonds is 4. The minimum Gasteiger partial charge on any atom is -0.481 e. The fourth-order valence-electron chi connectivity index (χ4n) is 0.946. The molecule has 0 radical (unpaired) electrons. The second-order valence-electron chi connectivity index (χ2n) is 3.43. The van der Waals surface area contributed by atoms with E-state index in [1.165, 1.54) is 6.92 Å². The van der Waals surface area contributed by atoms with Gasteiger partial charge in [-0.25, -0.2) is 4.98 Å². The molecule has 17 heavy (non-hydrogen) atoms. The summed E-state index contributed by atoms with van der Waals surface area (Å²) in [5.74, 6) is -1.43. The number of thioether (sulfide) groups is 1. The molecule has 1 aromatic rings. The monoisotopic (exact) mass is 265 g/mol. The normalized spacial score (nSPS) is 13.4. The van der Waals surface area contributed by atoms with Crippen LogP contribution >= 0.6 is 11.8 Å². The number of aliphatic carboxylic acids is 1. The summed E-state index contributed by atoms with van der Waals surface area (Å²) in [5.41, 5.74) is -0.780. The Bertz CT molecular complexity index is 409. The smallest absolute Gasteiger partial charge is 0.416 e. The number of pyridine rings is 1. The Labute approximate surface area is 100 Å². The first-order valence-electron chi connectivity index (χ1n) is 4.69. The molecular formula is C10H10F3NO2S. The molecule has 1 rings (SSSR count). The average Bonchev–Trinajstić information content (AvgIpc) is 2.25. The second kappa shape index (κ2) is 5.39. The van der Waals surface area contributed by atoms with Crippen molar-refractivity contribution in [1.29, 1.82) is 0 Å². The Morgan fingerprint density at radius 3 is 2.76 bits per heavy atom. The second-order valence-corrected chi connectivity index (χ2v) is 4.47. The third kappa shape index (κ3) is 4.26. The van der Waals surface area contributed by atoms with Gasteiger partial charge in [0.25, 0.3) is 0 Å². The zero-order valence-corrected chi connectivity index (χ0v) is 9.68. The molecule has 0 aliphatic carbocycles. The molecule has 3 nitrogen and oxygen atoms in total. The number of carbonyl (C=O) groups is 1. The quantitative estimate of drug-likeness (QED) is 0.850. The highest BCUT2D eigenvalue weighted by atomic mass is 32.2. The molecule has 1 N–H and O–H groups in total. The molecule has 0 saturated carbocycles. The molecule has 1 heterocycles. The highest BCUT2D eigenvalue weighted by Gasteiger charge is 2.30. The molecule has 0 saturated heterocycles. The number of carboxylic acids is 1. The third-order valence-corrected chi connectivity index (χ3v) is 3.15. The van der Waals surface area contributed by atoms with Gasteiger partial charge in [0.05, 0.1) is 16.5 Å². The number of aromatic nitrogens is 1. The lowest BCUT2D eigenvalue weighted by Crippen LogP contribution is -2.12. The molecule has 94 valence electrons. The predicted octanol–water partition coefficient (Wildman–Crippen LogP) is 2.91. The van der Waals surface area contributed by atoms with Crippen molar-refractivity contribution in [2.45, 2.75) is 18.1 Å². The summed E-state index contributed by atoms with van der Waals surface area (Å²) in [6, 6.07) is 1.80.